The minimum absolute atomic E-state index is 0.0925. The maximum atomic E-state index is 12.1. The van der Waals surface area contributed by atoms with Gasteiger partial charge in [0.15, 0.2) is 0 Å². The molecule has 1 aromatic carbocycles. The van der Waals surface area contributed by atoms with Gasteiger partial charge in [-0.25, -0.2) is 0 Å². The molecule has 0 atom stereocenters. The van der Waals surface area contributed by atoms with Crippen LogP contribution in [0.1, 0.15) is 44.9 Å². The van der Waals surface area contributed by atoms with Gasteiger partial charge < -0.3 is 21.1 Å². The van der Waals surface area contributed by atoms with Gasteiger partial charge in [0.05, 0.1) is 0 Å². The molecule has 0 radical (unpaired) electrons. The van der Waals surface area contributed by atoms with Crippen molar-refractivity contribution in [2.24, 2.45) is 11.1 Å². The van der Waals surface area contributed by atoms with Crippen LogP contribution in [-0.2, 0) is 9.59 Å². The number of ether oxygens (including phenoxy) is 1. The molecule has 2 rings (SSSR count). The second kappa shape index (κ2) is 10.1. The van der Waals surface area contributed by atoms with E-state index in [0.717, 1.165) is 37.8 Å². The summed E-state index contributed by atoms with van der Waals surface area (Å²) in [5, 5.41) is 5.89. The molecule has 0 aromatic heterocycles. The van der Waals surface area contributed by atoms with Crippen molar-refractivity contribution < 1.29 is 23.1 Å². The van der Waals surface area contributed by atoms with Crippen molar-refractivity contribution in [3.8, 4) is 5.75 Å². The smallest absolute Gasteiger partial charge is 0.387 e. The molecule has 0 heterocycles. The Bertz CT molecular complexity index is 617. The summed E-state index contributed by atoms with van der Waals surface area (Å²) in [6.07, 6.45) is 5.38. The van der Waals surface area contributed by atoms with E-state index in [0.29, 0.717) is 19.5 Å². The molecule has 8 heteroatoms. The van der Waals surface area contributed by atoms with Crippen LogP contribution in [0, 0.1) is 5.41 Å². The van der Waals surface area contributed by atoms with E-state index in [4.69, 9.17) is 5.73 Å². The topological polar surface area (TPSA) is 93.5 Å². The van der Waals surface area contributed by atoms with Crippen molar-refractivity contribution in [1.29, 1.82) is 0 Å². The molecule has 0 aliphatic heterocycles. The predicted molar refractivity (Wildman–Crippen MR) is 98.5 cm³/mol. The third-order valence-corrected chi connectivity index (χ3v) is 5.02. The Balaban J connectivity index is 1.66. The van der Waals surface area contributed by atoms with Crippen LogP contribution >= 0.6 is 0 Å². The minimum atomic E-state index is -2.85. The monoisotopic (exact) mass is 383 g/mol. The predicted octanol–water partition coefficient (Wildman–Crippen LogP) is 3.03. The number of rotatable bonds is 10. The lowest BCUT2D eigenvalue weighted by molar-refractivity contribution is -0.131. The number of amides is 2. The van der Waals surface area contributed by atoms with Crippen LogP contribution in [0.4, 0.5) is 14.5 Å². The highest BCUT2D eigenvalue weighted by atomic mass is 19.3. The summed E-state index contributed by atoms with van der Waals surface area (Å²) in [6.45, 7) is -1.94. The average molecular weight is 383 g/mol. The molecule has 0 saturated heterocycles. The van der Waals surface area contributed by atoms with E-state index in [1.165, 1.54) is 12.1 Å². The van der Waals surface area contributed by atoms with Gasteiger partial charge >= 0.3 is 6.61 Å². The largest absolute Gasteiger partial charge is 0.435 e. The first-order valence-corrected chi connectivity index (χ1v) is 9.27. The number of halogens is 2. The Hall–Kier alpha value is -2.38. The molecule has 6 nitrogen and oxygen atoms in total. The molecule has 1 saturated carbocycles. The number of hydrogen-bond acceptors (Lipinski definition) is 4. The molecule has 1 aliphatic carbocycles. The number of anilines is 1. The zero-order chi connectivity index (χ0) is 19.7. The van der Waals surface area contributed by atoms with Crippen molar-refractivity contribution in [2.45, 2.75) is 51.6 Å². The van der Waals surface area contributed by atoms with Crippen molar-refractivity contribution in [3.63, 3.8) is 0 Å². The highest BCUT2D eigenvalue weighted by Crippen LogP contribution is 2.39. The standard InChI is InChI=1S/C19H27F2N3O3/c20-18(21)27-15-6-4-14(5-7-15)23-12-13-24-16(25)8-11-19(17(22)26)9-2-1-3-10-19/h4-7,18,23H,1-3,8-13H2,(H2,22,26)(H,24,25). The Morgan fingerprint density at radius 3 is 2.37 bits per heavy atom. The maximum absolute atomic E-state index is 12.1. The molecule has 2 amide bonds. The first-order chi connectivity index (χ1) is 12.9. The molecule has 1 aliphatic rings. The van der Waals surface area contributed by atoms with Gasteiger partial charge in [-0.15, -0.1) is 0 Å². The first kappa shape index (κ1) is 20.9. The van der Waals surface area contributed by atoms with Gasteiger partial charge in [-0.2, -0.15) is 8.78 Å². The van der Waals surface area contributed by atoms with Gasteiger partial charge in [0, 0.05) is 30.6 Å². The first-order valence-electron chi connectivity index (χ1n) is 9.27. The van der Waals surface area contributed by atoms with E-state index in [1.807, 2.05) is 0 Å². The molecule has 150 valence electrons. The zero-order valence-corrected chi connectivity index (χ0v) is 15.3. The van der Waals surface area contributed by atoms with E-state index in [1.54, 1.807) is 12.1 Å². The number of nitrogens with two attached hydrogens (primary N) is 1. The SMILES string of the molecule is NC(=O)C1(CCC(=O)NCCNc2ccc(OC(F)F)cc2)CCCCC1. The third-order valence-electron chi connectivity index (χ3n) is 5.02. The summed E-state index contributed by atoms with van der Waals surface area (Å²) in [5.41, 5.74) is 5.79. The van der Waals surface area contributed by atoms with Gasteiger partial charge in [-0.3, -0.25) is 9.59 Å². The van der Waals surface area contributed by atoms with Crippen molar-refractivity contribution in [1.82, 2.24) is 5.32 Å². The van der Waals surface area contributed by atoms with Crippen LogP contribution < -0.4 is 21.1 Å². The van der Waals surface area contributed by atoms with E-state index >= 15 is 0 Å². The molecule has 4 N–H and O–H groups in total. The summed E-state index contributed by atoms with van der Waals surface area (Å²) in [7, 11) is 0. The van der Waals surface area contributed by atoms with Crippen LogP contribution in [0.2, 0.25) is 0 Å². The van der Waals surface area contributed by atoms with Gasteiger partial charge in [0.25, 0.3) is 0 Å². The Morgan fingerprint density at radius 1 is 1.11 bits per heavy atom. The van der Waals surface area contributed by atoms with Gasteiger partial charge in [0.1, 0.15) is 5.75 Å². The molecule has 27 heavy (non-hydrogen) atoms. The second-order valence-electron chi connectivity index (χ2n) is 6.88. The van der Waals surface area contributed by atoms with E-state index in [2.05, 4.69) is 15.4 Å². The number of alkyl halides is 2. The molecular formula is C19H27F2N3O3. The summed E-state index contributed by atoms with van der Waals surface area (Å²) in [6, 6.07) is 6.14. The maximum Gasteiger partial charge on any atom is 0.387 e. The van der Waals surface area contributed by atoms with Crippen molar-refractivity contribution >= 4 is 17.5 Å². The van der Waals surface area contributed by atoms with Crippen molar-refractivity contribution in [2.75, 3.05) is 18.4 Å². The summed E-state index contributed by atoms with van der Waals surface area (Å²) >= 11 is 0. The fourth-order valence-corrected chi connectivity index (χ4v) is 3.45. The van der Waals surface area contributed by atoms with Gasteiger partial charge in [0.2, 0.25) is 11.8 Å². The molecular weight excluding hydrogens is 356 g/mol. The van der Waals surface area contributed by atoms with Crippen LogP contribution in [0.5, 0.6) is 5.75 Å². The average Bonchev–Trinajstić information content (AvgIpc) is 2.65. The second-order valence-corrected chi connectivity index (χ2v) is 6.88. The number of carbonyl (C=O) groups is 2. The van der Waals surface area contributed by atoms with E-state index in [9.17, 15) is 18.4 Å². The summed E-state index contributed by atoms with van der Waals surface area (Å²) in [4.78, 5) is 23.8. The molecule has 1 aromatic rings. The lowest BCUT2D eigenvalue weighted by atomic mass is 9.70. The number of carbonyl (C=O) groups excluding carboxylic acids is 2. The fourth-order valence-electron chi connectivity index (χ4n) is 3.45. The third kappa shape index (κ3) is 6.69. The van der Waals surface area contributed by atoms with E-state index in [-0.39, 0.29) is 24.0 Å². The number of nitrogens with one attached hydrogen (secondary N) is 2. The number of benzene rings is 1. The van der Waals surface area contributed by atoms with Crippen LogP contribution in [-0.4, -0.2) is 31.5 Å². The molecule has 0 spiro atoms. The lowest BCUT2D eigenvalue weighted by Crippen LogP contribution is -2.40. The normalized spacial score (nSPS) is 16.0. The Morgan fingerprint density at radius 2 is 1.78 bits per heavy atom. The quantitative estimate of drug-likeness (QED) is 0.542. The van der Waals surface area contributed by atoms with Crippen LogP contribution in [0.25, 0.3) is 0 Å². The molecule has 0 unspecified atom stereocenters. The Kier molecular flexibility index (Phi) is 7.82. The fraction of sp³-hybridized carbons (Fsp3) is 0.579. The van der Waals surface area contributed by atoms with Crippen molar-refractivity contribution in [3.05, 3.63) is 24.3 Å². The zero-order valence-electron chi connectivity index (χ0n) is 15.3. The van der Waals surface area contributed by atoms with Gasteiger partial charge in [-0.05, 0) is 43.5 Å². The number of hydrogen-bond donors (Lipinski definition) is 3. The van der Waals surface area contributed by atoms with Gasteiger partial charge in [-0.1, -0.05) is 19.3 Å². The summed E-state index contributed by atoms with van der Waals surface area (Å²) < 4.78 is 28.5. The Labute approximate surface area is 157 Å². The molecule has 0 bridgehead atoms. The van der Waals surface area contributed by atoms with Crippen LogP contribution in [0.3, 0.4) is 0 Å². The minimum Gasteiger partial charge on any atom is -0.435 e. The molecule has 1 fully saturated rings. The lowest BCUT2D eigenvalue weighted by Gasteiger charge is -2.34. The van der Waals surface area contributed by atoms with E-state index < -0.39 is 12.0 Å². The summed E-state index contributed by atoms with van der Waals surface area (Å²) in [5.74, 6) is -0.311. The highest BCUT2D eigenvalue weighted by molar-refractivity contribution is 5.82. The number of primary amides is 1. The highest BCUT2D eigenvalue weighted by Gasteiger charge is 2.37. The van der Waals surface area contributed by atoms with Crippen LogP contribution in [0.15, 0.2) is 24.3 Å².